The summed E-state index contributed by atoms with van der Waals surface area (Å²) in [5.74, 6) is 0.315. The van der Waals surface area contributed by atoms with Crippen molar-refractivity contribution in [3.05, 3.63) is 36.3 Å². The maximum absolute atomic E-state index is 13.9. The van der Waals surface area contributed by atoms with Gasteiger partial charge in [-0.25, -0.2) is 14.2 Å². The lowest BCUT2D eigenvalue weighted by Crippen LogP contribution is -2.12. The zero-order chi connectivity index (χ0) is 19.0. The number of methoxy groups -OCH3 is 1. The third kappa shape index (κ3) is 3.54. The van der Waals surface area contributed by atoms with Gasteiger partial charge in [-0.3, -0.25) is 5.32 Å². The van der Waals surface area contributed by atoms with Crippen LogP contribution in [0.4, 0.5) is 37.9 Å². The molecule has 0 radical (unpaired) electrons. The molecule has 4 rings (SSSR count). The molecule has 140 valence electrons. The summed E-state index contributed by atoms with van der Waals surface area (Å²) in [5, 5.41) is 13.2. The Kier molecular flexibility index (Phi) is 4.15. The average Bonchev–Trinajstić information content (AvgIpc) is 3.39. The molecule has 5 N–H and O–H groups in total. The van der Waals surface area contributed by atoms with Crippen molar-refractivity contribution in [3.63, 3.8) is 0 Å². The van der Waals surface area contributed by atoms with E-state index >= 15 is 0 Å². The van der Waals surface area contributed by atoms with Gasteiger partial charge in [0.25, 0.3) is 0 Å². The Balaban J connectivity index is 1.65. The van der Waals surface area contributed by atoms with E-state index in [1.54, 1.807) is 6.20 Å². The fourth-order valence-corrected chi connectivity index (χ4v) is 2.61. The molecule has 0 spiro atoms. The minimum absolute atomic E-state index is 0.00796. The topological polar surface area (TPSA) is 119 Å². The number of nitrogens with one attached hydrogen (secondary N) is 3. The third-order valence-electron chi connectivity index (χ3n) is 4.09. The first kappa shape index (κ1) is 16.9. The Morgan fingerprint density at radius 1 is 1.33 bits per heavy atom. The lowest BCUT2D eigenvalue weighted by atomic mass is 10.2. The van der Waals surface area contributed by atoms with Gasteiger partial charge in [0.2, 0.25) is 0 Å². The number of benzene rings is 1. The SMILES string of the molecule is COC(=O)Nc1cc(Nc2cc(NC3CC3)c3ncc(N)n3n2)ccc1F. The third-order valence-corrected chi connectivity index (χ3v) is 4.09. The molecule has 9 nitrogen and oxygen atoms in total. The highest BCUT2D eigenvalue weighted by molar-refractivity contribution is 5.85. The molecule has 1 aliphatic rings. The highest BCUT2D eigenvalue weighted by Gasteiger charge is 2.23. The number of carbonyl (C=O) groups excluding carboxylic acids is 1. The van der Waals surface area contributed by atoms with Crippen LogP contribution in [0.1, 0.15) is 12.8 Å². The second-order valence-electron chi connectivity index (χ2n) is 6.22. The van der Waals surface area contributed by atoms with Crippen molar-refractivity contribution < 1.29 is 13.9 Å². The van der Waals surface area contributed by atoms with Gasteiger partial charge in [-0.15, -0.1) is 5.10 Å². The summed E-state index contributed by atoms with van der Waals surface area (Å²) in [4.78, 5) is 15.6. The minimum atomic E-state index is -0.757. The molecule has 0 saturated heterocycles. The molecule has 27 heavy (non-hydrogen) atoms. The van der Waals surface area contributed by atoms with E-state index in [-0.39, 0.29) is 5.69 Å². The first-order chi connectivity index (χ1) is 13.0. The van der Waals surface area contributed by atoms with Gasteiger partial charge < -0.3 is 21.1 Å². The van der Waals surface area contributed by atoms with Gasteiger partial charge in [0, 0.05) is 17.8 Å². The number of halogens is 1. The summed E-state index contributed by atoms with van der Waals surface area (Å²) < 4.78 is 19.9. The Bertz CT molecular complexity index is 1020. The van der Waals surface area contributed by atoms with Crippen molar-refractivity contribution in [3.8, 4) is 0 Å². The zero-order valence-electron chi connectivity index (χ0n) is 14.5. The lowest BCUT2D eigenvalue weighted by Gasteiger charge is -2.12. The normalized spacial score (nSPS) is 13.4. The van der Waals surface area contributed by atoms with E-state index in [4.69, 9.17) is 5.73 Å². The molecule has 0 bridgehead atoms. The number of ether oxygens (including phenoxy) is 1. The number of fused-ring (bicyclic) bond motifs is 1. The lowest BCUT2D eigenvalue weighted by molar-refractivity contribution is 0.187. The summed E-state index contributed by atoms with van der Waals surface area (Å²) in [7, 11) is 1.21. The van der Waals surface area contributed by atoms with Crippen LogP contribution in [0, 0.1) is 5.82 Å². The predicted molar refractivity (Wildman–Crippen MR) is 99.8 cm³/mol. The van der Waals surface area contributed by atoms with Crippen LogP contribution in [-0.2, 0) is 4.74 Å². The molecule has 2 heterocycles. The number of nitrogens with two attached hydrogens (primary N) is 1. The van der Waals surface area contributed by atoms with E-state index in [0.29, 0.717) is 29.0 Å². The summed E-state index contributed by atoms with van der Waals surface area (Å²) in [6.07, 6.45) is 3.00. The van der Waals surface area contributed by atoms with Crippen LogP contribution >= 0.6 is 0 Å². The Morgan fingerprint density at radius 3 is 2.89 bits per heavy atom. The van der Waals surface area contributed by atoms with Crippen LogP contribution in [0.15, 0.2) is 30.5 Å². The summed E-state index contributed by atoms with van der Waals surface area (Å²) >= 11 is 0. The molecule has 1 fully saturated rings. The number of anilines is 5. The number of carbonyl (C=O) groups is 1. The number of amides is 1. The number of nitrogen functional groups attached to an aromatic ring is 1. The fourth-order valence-electron chi connectivity index (χ4n) is 2.61. The van der Waals surface area contributed by atoms with Crippen LogP contribution in [0.2, 0.25) is 0 Å². The monoisotopic (exact) mass is 371 g/mol. The maximum Gasteiger partial charge on any atom is 0.411 e. The van der Waals surface area contributed by atoms with Crippen LogP contribution in [0.25, 0.3) is 5.65 Å². The molecule has 1 saturated carbocycles. The Morgan fingerprint density at radius 2 is 2.15 bits per heavy atom. The van der Waals surface area contributed by atoms with Gasteiger partial charge >= 0.3 is 6.09 Å². The molecule has 3 aromatic rings. The molecule has 0 aliphatic heterocycles. The van der Waals surface area contributed by atoms with Crippen molar-refractivity contribution in [2.45, 2.75) is 18.9 Å². The summed E-state index contributed by atoms with van der Waals surface area (Å²) in [6, 6.07) is 6.46. The molecular weight excluding hydrogens is 353 g/mol. The van der Waals surface area contributed by atoms with Crippen molar-refractivity contribution in [1.82, 2.24) is 14.6 Å². The zero-order valence-corrected chi connectivity index (χ0v) is 14.5. The van der Waals surface area contributed by atoms with Gasteiger partial charge in [-0.2, -0.15) is 4.52 Å². The minimum Gasteiger partial charge on any atom is -0.453 e. The first-order valence-corrected chi connectivity index (χ1v) is 8.36. The Labute approximate surface area is 153 Å². The molecule has 2 aromatic heterocycles. The molecule has 1 aromatic carbocycles. The van der Waals surface area contributed by atoms with E-state index in [0.717, 1.165) is 18.5 Å². The quantitative estimate of drug-likeness (QED) is 0.544. The van der Waals surface area contributed by atoms with Crippen LogP contribution in [-0.4, -0.2) is 33.8 Å². The summed E-state index contributed by atoms with van der Waals surface area (Å²) in [5.41, 5.74) is 7.91. The average molecular weight is 371 g/mol. The molecule has 10 heteroatoms. The van der Waals surface area contributed by atoms with E-state index in [9.17, 15) is 9.18 Å². The van der Waals surface area contributed by atoms with Crippen molar-refractivity contribution in [1.29, 1.82) is 0 Å². The van der Waals surface area contributed by atoms with E-state index in [1.165, 1.54) is 29.8 Å². The van der Waals surface area contributed by atoms with Crippen molar-refractivity contribution >= 4 is 40.4 Å². The number of hydrogen-bond donors (Lipinski definition) is 4. The fraction of sp³-hybridized carbons (Fsp3) is 0.235. The van der Waals surface area contributed by atoms with Gasteiger partial charge in [-0.1, -0.05) is 0 Å². The second kappa shape index (κ2) is 6.63. The van der Waals surface area contributed by atoms with Crippen LogP contribution in [0.3, 0.4) is 0 Å². The molecule has 0 unspecified atom stereocenters. The highest BCUT2D eigenvalue weighted by Crippen LogP contribution is 2.30. The molecule has 1 aliphatic carbocycles. The van der Waals surface area contributed by atoms with Gasteiger partial charge in [0.05, 0.1) is 24.7 Å². The second-order valence-corrected chi connectivity index (χ2v) is 6.22. The highest BCUT2D eigenvalue weighted by atomic mass is 19.1. The Hall–Kier alpha value is -3.56. The van der Waals surface area contributed by atoms with E-state index in [2.05, 4.69) is 30.8 Å². The first-order valence-electron chi connectivity index (χ1n) is 8.36. The van der Waals surface area contributed by atoms with Crippen LogP contribution in [0.5, 0.6) is 0 Å². The maximum atomic E-state index is 13.9. The van der Waals surface area contributed by atoms with Gasteiger partial charge in [0.1, 0.15) is 11.6 Å². The number of imidazole rings is 1. The van der Waals surface area contributed by atoms with E-state index in [1.807, 2.05) is 6.07 Å². The van der Waals surface area contributed by atoms with Gasteiger partial charge in [0.15, 0.2) is 11.5 Å². The summed E-state index contributed by atoms with van der Waals surface area (Å²) in [6.45, 7) is 0. The number of aromatic nitrogens is 3. The smallest absolute Gasteiger partial charge is 0.411 e. The van der Waals surface area contributed by atoms with E-state index < -0.39 is 11.9 Å². The predicted octanol–water partition coefficient (Wildman–Crippen LogP) is 2.95. The van der Waals surface area contributed by atoms with Gasteiger partial charge in [-0.05, 0) is 31.0 Å². The van der Waals surface area contributed by atoms with Crippen molar-refractivity contribution in [2.75, 3.05) is 28.8 Å². The molecule has 0 atom stereocenters. The largest absolute Gasteiger partial charge is 0.453 e. The van der Waals surface area contributed by atoms with Crippen molar-refractivity contribution in [2.24, 2.45) is 0 Å². The number of nitrogens with zero attached hydrogens (tertiary/aromatic N) is 3. The molecular formula is C17H18FN7O2. The van der Waals surface area contributed by atoms with Crippen LogP contribution < -0.4 is 21.7 Å². The standard InChI is InChI=1S/C17H18FN7O2/c1-27-17(26)23-12-6-10(4-5-11(12)18)22-15-7-13(21-9-2-3-9)16-20-8-14(19)25(16)24-15/h4-9,21H,2-3,19H2,1H3,(H,22,24)(H,23,26). The number of rotatable bonds is 5. The number of hydrogen-bond acceptors (Lipinski definition) is 7. The molecule has 1 amide bonds.